The molecule has 188 valence electrons. The average molecular weight is 493 g/mol. The molecule has 3 aromatic rings. The Hall–Kier alpha value is -3.82. The third-order valence-corrected chi connectivity index (χ3v) is 6.33. The van der Waals surface area contributed by atoms with Gasteiger partial charge in [0.15, 0.2) is 5.78 Å². The number of nitrogens with one attached hydrogen (secondary N) is 1. The average Bonchev–Trinajstić information content (AvgIpc) is 3.22. The van der Waals surface area contributed by atoms with E-state index in [-0.39, 0.29) is 31.4 Å². The molecule has 0 saturated carbocycles. The van der Waals surface area contributed by atoms with Gasteiger partial charge < -0.3 is 20.4 Å². The number of hydrogen-bond acceptors (Lipinski definition) is 5. The summed E-state index contributed by atoms with van der Waals surface area (Å²) < 4.78 is 15.1. The van der Waals surface area contributed by atoms with Crippen LogP contribution in [0.5, 0.6) is 0 Å². The molecular weight excluding hydrogens is 463 g/mol. The summed E-state index contributed by atoms with van der Waals surface area (Å²) in [4.78, 5) is 27.1. The summed E-state index contributed by atoms with van der Waals surface area (Å²) in [5, 5.41) is 26.3. The molecule has 0 saturated heterocycles. The highest BCUT2D eigenvalue weighted by Crippen LogP contribution is 2.29. The maximum Gasteiger partial charge on any atom is 0.321 e. The molecule has 2 heterocycles. The fourth-order valence-corrected chi connectivity index (χ4v) is 4.19. The quantitative estimate of drug-likeness (QED) is 0.448. The molecule has 2 aromatic carbocycles. The molecule has 1 aromatic heterocycles. The van der Waals surface area contributed by atoms with Crippen LogP contribution >= 0.6 is 0 Å². The summed E-state index contributed by atoms with van der Waals surface area (Å²) in [6.45, 7) is 3.62. The van der Waals surface area contributed by atoms with E-state index in [9.17, 15) is 19.1 Å². The Balaban J connectivity index is 1.61. The third kappa shape index (κ3) is 5.37. The number of urea groups is 1. The number of benzene rings is 2. The van der Waals surface area contributed by atoms with E-state index < -0.39 is 18.0 Å². The van der Waals surface area contributed by atoms with Crippen molar-refractivity contribution in [3.8, 4) is 11.3 Å². The lowest BCUT2D eigenvalue weighted by Crippen LogP contribution is -2.43. The highest BCUT2D eigenvalue weighted by atomic mass is 19.1. The zero-order valence-electron chi connectivity index (χ0n) is 20.4. The van der Waals surface area contributed by atoms with Crippen LogP contribution in [0.1, 0.15) is 28.4 Å². The van der Waals surface area contributed by atoms with Crippen molar-refractivity contribution in [1.29, 1.82) is 0 Å². The monoisotopic (exact) mass is 492 g/mol. The maximum atomic E-state index is 13.5. The minimum absolute atomic E-state index is 0.107. The van der Waals surface area contributed by atoms with Gasteiger partial charge in [-0.05, 0) is 54.8 Å². The summed E-state index contributed by atoms with van der Waals surface area (Å²) in [6, 6.07) is 12.3. The largest absolute Gasteiger partial charge is 0.394 e. The predicted molar refractivity (Wildman–Crippen MR) is 132 cm³/mol. The highest BCUT2D eigenvalue weighted by Gasteiger charge is 2.30. The van der Waals surface area contributed by atoms with Gasteiger partial charge in [0, 0.05) is 36.5 Å². The van der Waals surface area contributed by atoms with Gasteiger partial charge in [0.1, 0.15) is 5.82 Å². The normalized spacial score (nSPS) is 16.5. The number of ketones is 1. The molecule has 0 radical (unpaired) electrons. The number of hydrogen-bond donors (Lipinski definition) is 3. The first-order valence-corrected chi connectivity index (χ1v) is 11.6. The van der Waals surface area contributed by atoms with Gasteiger partial charge in [0.05, 0.1) is 31.0 Å². The van der Waals surface area contributed by atoms with Crippen molar-refractivity contribution in [3.63, 3.8) is 0 Å². The summed E-state index contributed by atoms with van der Waals surface area (Å²) in [6.07, 6.45) is 0.737. The summed E-state index contributed by atoms with van der Waals surface area (Å²) >= 11 is 0. The molecular formula is C27H29FN4O4. The van der Waals surface area contributed by atoms with Crippen molar-refractivity contribution in [2.45, 2.75) is 39.0 Å². The lowest BCUT2D eigenvalue weighted by molar-refractivity contribution is -0.115. The van der Waals surface area contributed by atoms with Crippen molar-refractivity contribution in [1.82, 2.24) is 20.0 Å². The Morgan fingerprint density at radius 3 is 2.58 bits per heavy atom. The molecule has 8 nitrogen and oxygen atoms in total. The van der Waals surface area contributed by atoms with Crippen LogP contribution in [-0.2, 0) is 17.8 Å². The van der Waals surface area contributed by atoms with Crippen LogP contribution in [0, 0.1) is 19.7 Å². The number of halogens is 1. The number of Topliss-reactive ketones (excluding diaryl/α,β-unsaturated/α-hetero) is 1. The SMILES string of the molecule is Cc1ccc(-c2cc(C)n(C[C@@H](O)CO)n2)cc1CC(=O)C1=CN(C)C(=O)N[C@H]1c1ccc(F)cc1. The number of carbonyl (C=O) groups is 2. The second-order valence-corrected chi connectivity index (χ2v) is 9.06. The van der Waals surface area contributed by atoms with Crippen LogP contribution in [0.25, 0.3) is 11.3 Å². The minimum Gasteiger partial charge on any atom is -0.394 e. The molecule has 0 unspecified atom stereocenters. The molecule has 2 atom stereocenters. The van der Waals surface area contributed by atoms with Crippen molar-refractivity contribution in [2.75, 3.05) is 13.7 Å². The fourth-order valence-electron chi connectivity index (χ4n) is 4.19. The first-order chi connectivity index (χ1) is 17.2. The van der Waals surface area contributed by atoms with E-state index in [0.29, 0.717) is 16.8 Å². The lowest BCUT2D eigenvalue weighted by Gasteiger charge is -2.30. The topological polar surface area (TPSA) is 108 Å². The number of aliphatic hydroxyl groups is 2. The van der Waals surface area contributed by atoms with E-state index in [2.05, 4.69) is 10.4 Å². The van der Waals surface area contributed by atoms with Crippen molar-refractivity contribution in [3.05, 3.63) is 88.5 Å². The number of nitrogens with zero attached hydrogens (tertiary/aromatic N) is 3. The van der Waals surface area contributed by atoms with E-state index >= 15 is 0 Å². The third-order valence-electron chi connectivity index (χ3n) is 6.33. The number of rotatable bonds is 8. The Morgan fingerprint density at radius 2 is 1.89 bits per heavy atom. The van der Waals surface area contributed by atoms with Crippen LogP contribution in [-0.4, -0.2) is 56.5 Å². The first-order valence-electron chi connectivity index (χ1n) is 11.6. The second-order valence-electron chi connectivity index (χ2n) is 9.06. The minimum atomic E-state index is -0.904. The summed E-state index contributed by atoms with van der Waals surface area (Å²) in [7, 11) is 1.57. The number of amides is 2. The molecule has 0 spiro atoms. The second kappa shape index (κ2) is 10.4. The van der Waals surface area contributed by atoms with Gasteiger partial charge in [0.25, 0.3) is 0 Å². The number of aliphatic hydroxyl groups excluding tert-OH is 2. The smallest absolute Gasteiger partial charge is 0.321 e. The molecule has 2 amide bonds. The van der Waals surface area contributed by atoms with Crippen molar-refractivity contribution >= 4 is 11.8 Å². The molecule has 9 heteroatoms. The van der Waals surface area contributed by atoms with Crippen molar-refractivity contribution in [2.24, 2.45) is 0 Å². The van der Waals surface area contributed by atoms with Crippen LogP contribution < -0.4 is 5.32 Å². The fraction of sp³-hybridized carbons (Fsp3) is 0.296. The van der Waals surface area contributed by atoms with E-state index in [4.69, 9.17) is 5.11 Å². The van der Waals surface area contributed by atoms with Crippen LogP contribution in [0.15, 0.2) is 60.3 Å². The lowest BCUT2D eigenvalue weighted by atomic mass is 9.90. The molecule has 36 heavy (non-hydrogen) atoms. The number of aromatic nitrogens is 2. The Labute approximate surface area is 208 Å². The van der Waals surface area contributed by atoms with E-state index in [1.165, 1.54) is 23.2 Å². The van der Waals surface area contributed by atoms with Gasteiger partial charge in [-0.2, -0.15) is 5.10 Å². The van der Waals surface area contributed by atoms with Crippen LogP contribution in [0.4, 0.5) is 9.18 Å². The molecule has 1 aliphatic rings. The van der Waals surface area contributed by atoms with E-state index in [0.717, 1.165) is 22.4 Å². The van der Waals surface area contributed by atoms with Crippen molar-refractivity contribution < 1.29 is 24.2 Å². The van der Waals surface area contributed by atoms with Gasteiger partial charge in [-0.3, -0.25) is 9.48 Å². The Morgan fingerprint density at radius 1 is 1.17 bits per heavy atom. The molecule has 0 aliphatic carbocycles. The molecule has 4 rings (SSSR count). The van der Waals surface area contributed by atoms with Crippen LogP contribution in [0.2, 0.25) is 0 Å². The Bertz CT molecular complexity index is 1320. The van der Waals surface area contributed by atoms with Gasteiger partial charge >= 0.3 is 6.03 Å². The molecule has 0 bridgehead atoms. The zero-order valence-corrected chi connectivity index (χ0v) is 20.4. The van der Waals surface area contributed by atoms with Gasteiger partial charge in [-0.1, -0.05) is 24.3 Å². The summed E-state index contributed by atoms with van der Waals surface area (Å²) in [5.74, 6) is -0.560. The first kappa shape index (κ1) is 25.3. The molecule has 1 aliphatic heterocycles. The maximum absolute atomic E-state index is 13.5. The van der Waals surface area contributed by atoms with Gasteiger partial charge in [-0.25, -0.2) is 9.18 Å². The molecule has 3 N–H and O–H groups in total. The van der Waals surface area contributed by atoms with Gasteiger partial charge in [-0.15, -0.1) is 0 Å². The highest BCUT2D eigenvalue weighted by molar-refractivity contribution is 6.00. The van der Waals surface area contributed by atoms with Crippen LogP contribution in [0.3, 0.4) is 0 Å². The number of aryl methyl sites for hydroxylation is 2. The van der Waals surface area contributed by atoms with E-state index in [1.807, 2.05) is 38.1 Å². The Kier molecular flexibility index (Phi) is 7.32. The standard InChI is InChI=1S/C27H29FN4O4/c1-16-4-5-19(24-10-17(2)32(30-24)13-22(34)15-33)11-20(16)12-25(35)23-14-31(3)27(36)29-26(23)18-6-8-21(28)9-7-18/h4-11,14,22,26,33-34H,12-13,15H2,1-3H3,(H,29,36)/t22-,26+/m1/s1. The molecule has 0 fully saturated rings. The zero-order chi connectivity index (χ0) is 26.0. The van der Waals surface area contributed by atoms with Gasteiger partial charge in [0.2, 0.25) is 0 Å². The number of carbonyl (C=O) groups excluding carboxylic acids is 2. The predicted octanol–water partition coefficient (Wildman–Crippen LogP) is 3.05. The van der Waals surface area contributed by atoms with E-state index in [1.54, 1.807) is 23.9 Å². The summed E-state index contributed by atoms with van der Waals surface area (Å²) in [5.41, 5.74) is 5.13.